The number of nitrogens with one attached hydrogen (secondary N) is 2. The fraction of sp³-hybridized carbons (Fsp3) is 0.393. The van der Waals surface area contributed by atoms with E-state index in [1.165, 1.54) is 0 Å². The Bertz CT molecular complexity index is 1170. The summed E-state index contributed by atoms with van der Waals surface area (Å²) in [5.41, 5.74) is 4.43. The molecule has 7 heteroatoms. The van der Waals surface area contributed by atoms with Gasteiger partial charge in [-0.1, -0.05) is 70.5 Å². The number of carbonyl (C=O) groups is 2. The molecule has 0 bridgehead atoms. The van der Waals surface area contributed by atoms with E-state index < -0.39 is 0 Å². The predicted molar refractivity (Wildman–Crippen MR) is 142 cm³/mol. The van der Waals surface area contributed by atoms with Gasteiger partial charge in [0.2, 0.25) is 5.91 Å². The van der Waals surface area contributed by atoms with Crippen LogP contribution in [0.15, 0.2) is 54.6 Å². The number of nitrogens with zero attached hydrogens (tertiary/aromatic N) is 3. The van der Waals surface area contributed by atoms with Crippen LogP contribution in [0, 0.1) is 19.8 Å². The van der Waals surface area contributed by atoms with Crippen molar-refractivity contribution in [1.29, 1.82) is 0 Å². The Labute approximate surface area is 208 Å². The van der Waals surface area contributed by atoms with Crippen LogP contribution in [0.5, 0.6) is 0 Å². The van der Waals surface area contributed by atoms with E-state index in [9.17, 15) is 9.59 Å². The van der Waals surface area contributed by atoms with Crippen LogP contribution in [-0.2, 0) is 10.2 Å². The largest absolute Gasteiger partial charge is 0.322 e. The molecule has 0 unspecified atom stereocenters. The summed E-state index contributed by atoms with van der Waals surface area (Å²) in [4.78, 5) is 27.7. The molecular formula is C28H37N5O2. The molecule has 3 aromatic rings. The molecule has 0 aliphatic rings. The zero-order chi connectivity index (χ0) is 25.8. The van der Waals surface area contributed by atoms with Crippen LogP contribution >= 0.6 is 0 Å². The van der Waals surface area contributed by atoms with Gasteiger partial charge in [0, 0.05) is 23.7 Å². The first kappa shape index (κ1) is 26.0. The van der Waals surface area contributed by atoms with Gasteiger partial charge in [-0.05, 0) is 43.5 Å². The highest BCUT2D eigenvalue weighted by Crippen LogP contribution is 2.27. The highest BCUT2D eigenvalue weighted by molar-refractivity contribution is 5.96. The van der Waals surface area contributed by atoms with E-state index in [1.807, 2.05) is 82.3 Å². The van der Waals surface area contributed by atoms with Crippen LogP contribution in [0.3, 0.4) is 0 Å². The average molecular weight is 476 g/mol. The predicted octanol–water partition coefficient (Wildman–Crippen LogP) is 5.92. The molecule has 3 rings (SSSR count). The summed E-state index contributed by atoms with van der Waals surface area (Å²) in [5.74, 6) is 0.508. The molecular weight excluding hydrogens is 438 g/mol. The van der Waals surface area contributed by atoms with E-state index in [0.717, 1.165) is 22.5 Å². The maximum Gasteiger partial charge on any atom is 0.322 e. The SMILES string of the molecule is Cc1ccc(NC(=O)N(CC(=O)Nc2cc(C(C)(C)C)nn2-c2ccccc2C)CC(C)C)cc1. The van der Waals surface area contributed by atoms with E-state index in [0.29, 0.717) is 18.1 Å². The third-order valence-electron chi connectivity index (χ3n) is 5.60. The van der Waals surface area contributed by atoms with Crippen LogP contribution in [0.2, 0.25) is 0 Å². The van der Waals surface area contributed by atoms with Gasteiger partial charge in [0.1, 0.15) is 12.4 Å². The van der Waals surface area contributed by atoms with E-state index in [-0.39, 0.29) is 29.8 Å². The van der Waals surface area contributed by atoms with Gasteiger partial charge in [-0.3, -0.25) is 4.79 Å². The first-order valence-corrected chi connectivity index (χ1v) is 12.0. The van der Waals surface area contributed by atoms with Gasteiger partial charge in [-0.15, -0.1) is 0 Å². The number of para-hydroxylation sites is 1. The lowest BCUT2D eigenvalue weighted by Gasteiger charge is -2.24. The fourth-order valence-electron chi connectivity index (χ4n) is 3.68. The number of hydrogen-bond donors (Lipinski definition) is 2. The Morgan fingerprint density at radius 3 is 2.26 bits per heavy atom. The van der Waals surface area contributed by atoms with Crippen LogP contribution < -0.4 is 10.6 Å². The molecule has 1 heterocycles. The van der Waals surface area contributed by atoms with Crippen molar-refractivity contribution in [2.45, 2.75) is 53.9 Å². The summed E-state index contributed by atoms with van der Waals surface area (Å²) in [7, 11) is 0. The number of urea groups is 1. The smallest absolute Gasteiger partial charge is 0.315 e. The first-order chi connectivity index (χ1) is 16.4. The highest BCUT2D eigenvalue weighted by Gasteiger charge is 2.24. The van der Waals surface area contributed by atoms with Crippen molar-refractivity contribution in [2.75, 3.05) is 23.7 Å². The maximum atomic E-state index is 13.2. The fourth-order valence-corrected chi connectivity index (χ4v) is 3.68. The van der Waals surface area contributed by atoms with Gasteiger partial charge >= 0.3 is 6.03 Å². The van der Waals surface area contributed by atoms with Gasteiger partial charge in [-0.25, -0.2) is 9.48 Å². The van der Waals surface area contributed by atoms with Crippen molar-refractivity contribution < 1.29 is 9.59 Å². The lowest BCUT2D eigenvalue weighted by atomic mass is 9.92. The van der Waals surface area contributed by atoms with Crippen LogP contribution in [-0.4, -0.2) is 39.7 Å². The first-order valence-electron chi connectivity index (χ1n) is 12.0. The number of aryl methyl sites for hydroxylation is 2. The highest BCUT2D eigenvalue weighted by atomic mass is 16.2. The van der Waals surface area contributed by atoms with Gasteiger partial charge in [0.05, 0.1) is 11.4 Å². The molecule has 0 atom stereocenters. The summed E-state index contributed by atoms with van der Waals surface area (Å²) < 4.78 is 1.77. The molecule has 0 radical (unpaired) electrons. The molecule has 35 heavy (non-hydrogen) atoms. The third-order valence-corrected chi connectivity index (χ3v) is 5.60. The molecule has 2 aromatic carbocycles. The summed E-state index contributed by atoms with van der Waals surface area (Å²) >= 11 is 0. The number of amides is 3. The Balaban J connectivity index is 1.82. The second-order valence-electron chi connectivity index (χ2n) is 10.5. The Hall–Kier alpha value is -3.61. The van der Waals surface area contributed by atoms with Gasteiger partial charge in [0.25, 0.3) is 0 Å². The van der Waals surface area contributed by atoms with Gasteiger partial charge in [0.15, 0.2) is 0 Å². The molecule has 0 fully saturated rings. The Morgan fingerprint density at radius 1 is 1.00 bits per heavy atom. The number of benzene rings is 2. The molecule has 2 N–H and O–H groups in total. The summed E-state index contributed by atoms with van der Waals surface area (Å²) in [5, 5.41) is 10.7. The second kappa shape index (κ2) is 10.8. The monoisotopic (exact) mass is 475 g/mol. The summed E-state index contributed by atoms with van der Waals surface area (Å²) in [6.07, 6.45) is 0. The average Bonchev–Trinajstić information content (AvgIpc) is 3.18. The van der Waals surface area contributed by atoms with Crippen molar-refractivity contribution in [3.05, 3.63) is 71.4 Å². The zero-order valence-electron chi connectivity index (χ0n) is 21.8. The molecule has 1 aromatic heterocycles. The lowest BCUT2D eigenvalue weighted by molar-refractivity contribution is -0.116. The third kappa shape index (κ3) is 6.94. The van der Waals surface area contributed by atoms with Crippen LogP contribution in [0.4, 0.5) is 16.3 Å². The van der Waals surface area contributed by atoms with E-state index in [4.69, 9.17) is 5.10 Å². The summed E-state index contributed by atoms with van der Waals surface area (Å²) in [6, 6.07) is 17.1. The summed E-state index contributed by atoms with van der Waals surface area (Å²) in [6.45, 7) is 14.7. The normalized spacial score (nSPS) is 11.4. The molecule has 3 amide bonds. The van der Waals surface area contributed by atoms with Crippen molar-refractivity contribution in [2.24, 2.45) is 5.92 Å². The zero-order valence-corrected chi connectivity index (χ0v) is 21.8. The number of hydrogen-bond acceptors (Lipinski definition) is 3. The number of aromatic nitrogens is 2. The van der Waals surface area contributed by atoms with Crippen LogP contribution in [0.25, 0.3) is 5.69 Å². The van der Waals surface area contributed by atoms with E-state index >= 15 is 0 Å². The molecule has 0 aliphatic heterocycles. The standard InChI is InChI=1S/C28H37N5O2/c1-19(2)17-32(27(35)29-22-14-12-20(3)13-15-22)18-26(34)30-25-16-24(28(5,6)7)31-33(25)23-11-9-8-10-21(23)4/h8-16,19H,17-18H2,1-7H3,(H,29,35)(H,30,34). The van der Waals surface area contributed by atoms with Crippen LogP contribution in [0.1, 0.15) is 51.4 Å². The Kier molecular flexibility index (Phi) is 7.99. The minimum absolute atomic E-state index is 0.0698. The quantitative estimate of drug-likeness (QED) is 0.445. The molecule has 7 nitrogen and oxygen atoms in total. The van der Waals surface area contributed by atoms with Crippen molar-refractivity contribution in [3.63, 3.8) is 0 Å². The topological polar surface area (TPSA) is 79.3 Å². The van der Waals surface area contributed by atoms with E-state index in [2.05, 4.69) is 31.4 Å². The van der Waals surface area contributed by atoms with Crippen molar-refractivity contribution in [1.82, 2.24) is 14.7 Å². The minimum Gasteiger partial charge on any atom is -0.315 e. The number of rotatable bonds is 7. The van der Waals surface area contributed by atoms with Crippen molar-refractivity contribution in [3.8, 4) is 5.69 Å². The Morgan fingerprint density at radius 2 is 1.66 bits per heavy atom. The maximum absolute atomic E-state index is 13.2. The molecule has 0 spiro atoms. The van der Waals surface area contributed by atoms with E-state index in [1.54, 1.807) is 9.58 Å². The molecule has 0 aliphatic carbocycles. The number of anilines is 2. The number of carbonyl (C=O) groups excluding carboxylic acids is 2. The van der Waals surface area contributed by atoms with Crippen molar-refractivity contribution >= 4 is 23.4 Å². The molecule has 186 valence electrons. The van der Waals surface area contributed by atoms with Gasteiger partial charge < -0.3 is 15.5 Å². The van der Waals surface area contributed by atoms with Gasteiger partial charge in [-0.2, -0.15) is 5.10 Å². The lowest BCUT2D eigenvalue weighted by Crippen LogP contribution is -2.42. The molecule has 0 saturated carbocycles. The molecule has 0 saturated heterocycles. The second-order valence-corrected chi connectivity index (χ2v) is 10.5. The minimum atomic E-state index is -0.305.